The molecule has 0 amide bonds. The third-order valence-electron chi connectivity index (χ3n) is 29.5. The van der Waals surface area contributed by atoms with Crippen LogP contribution in [-0.2, 0) is 18.9 Å². The van der Waals surface area contributed by atoms with Crippen molar-refractivity contribution >= 4 is 0 Å². The Labute approximate surface area is 926 Å². The molecule has 0 aromatic heterocycles. The van der Waals surface area contributed by atoms with Crippen LogP contribution in [0.25, 0.3) is 0 Å². The van der Waals surface area contributed by atoms with Crippen molar-refractivity contribution in [2.75, 3.05) is 79.5 Å². The summed E-state index contributed by atoms with van der Waals surface area (Å²) in [4.78, 5) is 2.46. The molecule has 0 rings (SSSR count). The minimum absolute atomic E-state index is 0.256. The fourth-order valence-electron chi connectivity index (χ4n) is 12.8. The molecule has 0 aliphatic rings. The number of nitrogens with zero attached hydrogens (tertiary/aromatic N) is 1. The zero-order valence-corrected chi connectivity index (χ0v) is 116. The molecule has 0 aromatic rings. The van der Waals surface area contributed by atoms with Crippen molar-refractivity contribution < 1.29 is 18.9 Å². The van der Waals surface area contributed by atoms with E-state index in [2.05, 4.69) is 532 Å². The van der Waals surface area contributed by atoms with E-state index in [1.807, 2.05) is 0 Å². The zero-order chi connectivity index (χ0) is 118. The molecule has 0 spiro atoms. The molecule has 0 aliphatic heterocycles. The van der Waals surface area contributed by atoms with E-state index in [0.29, 0.717) is 125 Å². The SMILES string of the molecule is CC(C)(C)C/C=C/CC(C)(C)C.CC(C)(C)C/C=C/CCC(C)(C)C.CC(C)(C)CCCCCC(C)(C)C(C)(C)C.CC(C)(C)CCCOCC(C)(C)C.CC(C)(C)CCCOCC(C)(C)C.CC(C)(C)CCOCCC(C)(C)C.CC(C)(C)COCCCC(C)(C)C(C)(C)C.CC(C)(C)NCCCC(C)(C)C(C)(C)C.CC(C)(C)NCCCCCC(C)(C)C(C)(C)C.CN(CCCCC(C)(C)C(C)(C)C)C(C)(C)C. The van der Waals surface area contributed by atoms with Gasteiger partial charge in [0.2, 0.25) is 0 Å². The quantitative estimate of drug-likeness (QED) is 0.0466. The van der Waals surface area contributed by atoms with Gasteiger partial charge < -0.3 is 34.5 Å². The van der Waals surface area contributed by atoms with Gasteiger partial charge in [-0.15, -0.1) is 0 Å². The summed E-state index contributed by atoms with van der Waals surface area (Å²) in [6.07, 6.45) is 43.7. The molecule has 0 saturated carbocycles. The first kappa shape index (κ1) is 164. The highest BCUT2D eigenvalue weighted by atomic mass is 16.5. The molecule has 0 bridgehead atoms. The number of allylic oxidation sites excluding steroid dienone is 4. The van der Waals surface area contributed by atoms with Crippen molar-refractivity contribution in [1.29, 1.82) is 0 Å². The van der Waals surface area contributed by atoms with Crippen LogP contribution in [0.3, 0.4) is 0 Å². The summed E-state index contributed by atoms with van der Waals surface area (Å²) in [5.41, 5.74) is 9.94. The lowest BCUT2D eigenvalue weighted by Crippen LogP contribution is -2.38. The Morgan fingerprint density at radius 2 is 0.386 bits per heavy atom. The van der Waals surface area contributed by atoms with Crippen LogP contribution in [0.1, 0.15) is 658 Å². The molecule has 2 N–H and O–H groups in total. The van der Waals surface area contributed by atoms with Gasteiger partial charge in [0.15, 0.2) is 0 Å². The third-order valence-corrected chi connectivity index (χ3v) is 29.5. The molecular weight excluding hydrogens is 1760 g/mol. The lowest BCUT2D eigenvalue weighted by Gasteiger charge is -2.39. The molecule has 886 valence electrons. The zero-order valence-electron chi connectivity index (χ0n) is 116. The predicted octanol–water partition coefficient (Wildman–Crippen LogP) is 46.0. The highest BCUT2D eigenvalue weighted by molar-refractivity contribution is 4.92. The standard InChI is InChI=1S/2C16H35N.C16H34.C15H32O.C14H31N.C13H26.3C12H26O.C12H24/c1-14(2,3)16(7,8)12-10-11-13-17(9)15(4,5)6;1-14(2,3)16(7,8)12-10-9-11-13-17-15(4,5)6;1-14(2,3)12-10-9-11-13-16(7,8)15(4,5)6;1-13(2,3)12-16-11-9-10-15(7,8)14(4,5)6;1-12(2,3)14(7,8)10-9-11-15-13(4,5)6;1-12(2,3)10-8-7-9-11-13(4,5)6;1-11(2,3)7-9-13-10-8-12(4,5)6;2*1-11(2,3)8-7-9-13-10-12(4,5)6;1-11(2,3)9-7-8-10-12(4,5)6/h10-13H2,1-9H3;17H,9-13H2,1-8H3;9-13H2,1-8H3;9-12H2,1-8H3;15H,9-11H2,1-8H3;7-8H,9-11H2,1-6H3;3*7-10H2,1-6H3;7-8H,9-10H2,1-6H3/b;;;;;8-7+;;;;8-7+. The molecule has 7 nitrogen and oxygen atoms in total. The van der Waals surface area contributed by atoms with Crippen LogP contribution in [-0.4, -0.2) is 101 Å². The van der Waals surface area contributed by atoms with Crippen molar-refractivity contribution in [3.8, 4) is 0 Å². The van der Waals surface area contributed by atoms with Gasteiger partial charge in [-0.1, -0.05) is 485 Å². The number of hydrogen-bond donors (Lipinski definition) is 2. The molecule has 0 radical (unpaired) electrons. The number of ether oxygens (including phenoxy) is 4. The molecule has 0 heterocycles. The van der Waals surface area contributed by atoms with E-state index in [4.69, 9.17) is 18.9 Å². The van der Waals surface area contributed by atoms with Crippen LogP contribution < -0.4 is 10.6 Å². The Bertz CT molecular complexity index is 2820. The maximum absolute atomic E-state index is 5.71. The fraction of sp³-hybridized carbons (Fsp3) is 0.971. The predicted molar refractivity (Wildman–Crippen MR) is 674 cm³/mol. The molecule has 0 atom stereocenters. The van der Waals surface area contributed by atoms with Crippen molar-refractivity contribution in [2.24, 2.45) is 119 Å². The second kappa shape index (κ2) is 72.2. The summed E-state index contributed by atoms with van der Waals surface area (Å²) < 4.78 is 22.5. The van der Waals surface area contributed by atoms with Gasteiger partial charge in [0.25, 0.3) is 0 Å². The Balaban J connectivity index is -0.000000175. The molecule has 0 saturated heterocycles. The summed E-state index contributed by atoms with van der Waals surface area (Å²) in [5, 5.41) is 7.10. The average Bonchev–Trinajstić information content (AvgIpc) is 0.856. The van der Waals surface area contributed by atoms with E-state index in [9.17, 15) is 0 Å². The van der Waals surface area contributed by atoms with E-state index in [-0.39, 0.29) is 11.1 Å². The lowest BCUT2D eigenvalue weighted by atomic mass is 9.66. The van der Waals surface area contributed by atoms with Gasteiger partial charge >= 0.3 is 0 Å². The first-order valence-corrected chi connectivity index (χ1v) is 60.1. The Morgan fingerprint density at radius 1 is 0.179 bits per heavy atom. The number of hydrogen-bond acceptors (Lipinski definition) is 7. The maximum atomic E-state index is 5.71. The summed E-state index contributed by atoms with van der Waals surface area (Å²) >= 11 is 0. The monoisotopic (exact) mass is 2060 g/mol. The van der Waals surface area contributed by atoms with E-state index < -0.39 is 0 Å². The van der Waals surface area contributed by atoms with Crippen molar-refractivity contribution in [1.82, 2.24) is 15.5 Å². The van der Waals surface area contributed by atoms with Crippen molar-refractivity contribution in [3.63, 3.8) is 0 Å². The van der Waals surface area contributed by atoms with E-state index in [1.54, 1.807) is 0 Å². The van der Waals surface area contributed by atoms with E-state index in [1.165, 1.54) is 167 Å². The summed E-state index contributed by atoms with van der Waals surface area (Å²) in [7, 11) is 2.23. The van der Waals surface area contributed by atoms with E-state index in [0.717, 1.165) is 78.8 Å². The molecule has 7 heteroatoms. The largest absolute Gasteiger partial charge is 0.381 e. The molecule has 0 aromatic carbocycles. The van der Waals surface area contributed by atoms with Crippen molar-refractivity contribution in [3.05, 3.63) is 24.3 Å². The highest BCUT2D eigenvalue weighted by Crippen LogP contribution is 2.47. The number of rotatable bonds is 42. The first-order chi connectivity index (χ1) is 63.2. The number of unbranched alkanes of at least 4 members (excludes halogenated alkanes) is 5. The Hall–Kier alpha value is -0.800. The number of nitrogens with one attached hydrogen (secondary N) is 2. The van der Waals surface area contributed by atoms with Crippen molar-refractivity contribution in [2.45, 2.75) is 675 Å². The topological polar surface area (TPSA) is 64.2 Å². The van der Waals surface area contributed by atoms with Crippen LogP contribution in [0, 0.1) is 119 Å². The second-order valence-corrected chi connectivity index (χ2v) is 70.9. The van der Waals surface area contributed by atoms with Gasteiger partial charge in [0, 0.05) is 49.7 Å². The minimum atomic E-state index is 0.256. The Morgan fingerprint density at radius 3 is 0.614 bits per heavy atom. The fourth-order valence-corrected chi connectivity index (χ4v) is 12.8. The van der Waals surface area contributed by atoms with Gasteiger partial charge in [-0.25, -0.2) is 0 Å². The minimum Gasteiger partial charge on any atom is -0.381 e. The van der Waals surface area contributed by atoms with Gasteiger partial charge in [-0.05, 0) is 343 Å². The highest BCUT2D eigenvalue weighted by Gasteiger charge is 2.37. The van der Waals surface area contributed by atoms with Gasteiger partial charge in [-0.3, -0.25) is 0 Å². The van der Waals surface area contributed by atoms with Crippen LogP contribution in [0.5, 0.6) is 0 Å². The molecule has 0 aliphatic carbocycles. The van der Waals surface area contributed by atoms with Gasteiger partial charge in [-0.2, -0.15) is 0 Å². The van der Waals surface area contributed by atoms with Crippen LogP contribution in [0.15, 0.2) is 24.3 Å². The first-order valence-electron chi connectivity index (χ1n) is 60.1. The van der Waals surface area contributed by atoms with Gasteiger partial charge in [0.1, 0.15) is 0 Å². The van der Waals surface area contributed by atoms with Gasteiger partial charge in [0.05, 0.1) is 19.8 Å². The molecule has 0 unspecified atom stereocenters. The molecule has 0 fully saturated rings. The smallest absolute Gasteiger partial charge is 0.0514 e. The Kier molecular flexibility index (Phi) is 81.8. The third kappa shape index (κ3) is 132. The lowest BCUT2D eigenvalue weighted by molar-refractivity contribution is 0.0507. The van der Waals surface area contributed by atoms with Crippen LogP contribution in [0.4, 0.5) is 0 Å². The molecular formula is C138H295N3O4. The van der Waals surface area contributed by atoms with Crippen LogP contribution in [0.2, 0.25) is 0 Å². The van der Waals surface area contributed by atoms with Crippen LogP contribution >= 0.6 is 0 Å². The average molecular weight is 2060 g/mol. The second-order valence-electron chi connectivity index (χ2n) is 70.9. The summed E-state index contributed by atoms with van der Waals surface area (Å²) in [6.45, 7) is 171. The normalized spacial score (nSPS) is 14.0. The summed E-state index contributed by atoms with van der Waals surface area (Å²) in [5.74, 6) is 0. The maximum Gasteiger partial charge on any atom is 0.0514 e. The molecule has 145 heavy (non-hydrogen) atoms. The van der Waals surface area contributed by atoms with E-state index >= 15 is 0 Å². The summed E-state index contributed by atoms with van der Waals surface area (Å²) in [6, 6.07) is 0.